The fourth-order valence-corrected chi connectivity index (χ4v) is 3.45. The molecule has 2 aliphatic heterocycles. The van der Waals surface area contributed by atoms with Crippen LogP contribution in [0.5, 0.6) is 0 Å². The smallest absolute Gasteiger partial charge is 0.220 e. The Morgan fingerprint density at radius 3 is 2.96 bits per heavy atom. The van der Waals surface area contributed by atoms with E-state index in [1.54, 1.807) is 0 Å². The number of nitrogens with one attached hydrogen (secondary N) is 2. The van der Waals surface area contributed by atoms with E-state index >= 15 is 0 Å². The van der Waals surface area contributed by atoms with Gasteiger partial charge in [-0.2, -0.15) is 0 Å². The second kappa shape index (κ2) is 8.44. The van der Waals surface area contributed by atoms with Crippen molar-refractivity contribution in [3.63, 3.8) is 0 Å². The zero-order valence-corrected chi connectivity index (χ0v) is 14.6. The summed E-state index contributed by atoms with van der Waals surface area (Å²) in [5.41, 5.74) is 1.11. The van der Waals surface area contributed by atoms with E-state index in [0.717, 1.165) is 57.1 Å². The number of piperazine rings is 1. The van der Waals surface area contributed by atoms with E-state index in [4.69, 9.17) is 0 Å². The first-order valence-electron chi connectivity index (χ1n) is 9.07. The van der Waals surface area contributed by atoms with Gasteiger partial charge >= 0.3 is 0 Å². The van der Waals surface area contributed by atoms with Gasteiger partial charge < -0.3 is 20.4 Å². The number of rotatable bonds is 6. The molecule has 1 aromatic heterocycles. The monoisotopic (exact) mass is 331 g/mol. The van der Waals surface area contributed by atoms with Crippen LogP contribution in [0.4, 0.5) is 5.82 Å². The van der Waals surface area contributed by atoms with Crippen LogP contribution in [0.3, 0.4) is 0 Å². The molecule has 0 aromatic carbocycles. The third-order valence-electron chi connectivity index (χ3n) is 5.09. The summed E-state index contributed by atoms with van der Waals surface area (Å²) in [5.74, 6) is 1.83. The number of nitrogens with zero attached hydrogens (tertiary/aromatic N) is 3. The Bertz CT molecular complexity index is 536. The third-order valence-corrected chi connectivity index (χ3v) is 5.09. The molecule has 1 aromatic rings. The van der Waals surface area contributed by atoms with Crippen molar-refractivity contribution in [2.75, 3.05) is 51.2 Å². The van der Waals surface area contributed by atoms with E-state index < -0.39 is 0 Å². The summed E-state index contributed by atoms with van der Waals surface area (Å²) in [5, 5.41) is 6.43. The molecule has 0 aliphatic carbocycles. The Labute approximate surface area is 144 Å². The zero-order valence-electron chi connectivity index (χ0n) is 14.6. The molecule has 0 spiro atoms. The lowest BCUT2D eigenvalue weighted by Gasteiger charge is -2.34. The molecule has 2 N–H and O–H groups in total. The summed E-state index contributed by atoms with van der Waals surface area (Å²) in [7, 11) is 2.15. The number of anilines is 1. The number of aromatic nitrogens is 1. The van der Waals surface area contributed by atoms with E-state index in [1.165, 1.54) is 6.42 Å². The SMILES string of the molecule is CN1CCN(c2ncccc2CNC(=O)CCC2CCNC2)CC1. The average Bonchev–Trinajstić information content (AvgIpc) is 3.13. The lowest BCUT2D eigenvalue weighted by atomic mass is 10.0. The van der Waals surface area contributed by atoms with E-state index in [2.05, 4.69) is 38.5 Å². The summed E-state index contributed by atoms with van der Waals surface area (Å²) in [6.07, 6.45) is 4.64. The number of carbonyl (C=O) groups excluding carboxylic acids is 1. The predicted molar refractivity (Wildman–Crippen MR) is 96.0 cm³/mol. The summed E-state index contributed by atoms with van der Waals surface area (Å²) in [6.45, 7) is 6.80. The molecule has 2 aliphatic rings. The maximum atomic E-state index is 12.1. The van der Waals surface area contributed by atoms with Crippen molar-refractivity contribution in [3.8, 4) is 0 Å². The summed E-state index contributed by atoms with van der Waals surface area (Å²) >= 11 is 0. The number of pyridine rings is 1. The van der Waals surface area contributed by atoms with E-state index in [9.17, 15) is 4.79 Å². The molecular weight excluding hydrogens is 302 g/mol. The maximum absolute atomic E-state index is 12.1. The van der Waals surface area contributed by atoms with Crippen LogP contribution in [0.1, 0.15) is 24.8 Å². The largest absolute Gasteiger partial charge is 0.354 e. The topological polar surface area (TPSA) is 60.5 Å². The molecular formula is C18H29N5O. The summed E-state index contributed by atoms with van der Waals surface area (Å²) in [4.78, 5) is 21.4. The fraction of sp³-hybridized carbons (Fsp3) is 0.667. The van der Waals surface area contributed by atoms with Crippen molar-refractivity contribution >= 4 is 11.7 Å². The first-order valence-corrected chi connectivity index (χ1v) is 9.07. The Hall–Kier alpha value is -1.66. The predicted octanol–water partition coefficient (Wildman–Crippen LogP) is 0.839. The van der Waals surface area contributed by atoms with Gasteiger partial charge in [0.15, 0.2) is 0 Å². The molecule has 132 valence electrons. The molecule has 0 radical (unpaired) electrons. The van der Waals surface area contributed by atoms with Crippen molar-refractivity contribution in [3.05, 3.63) is 23.9 Å². The quantitative estimate of drug-likeness (QED) is 0.809. The molecule has 3 rings (SSSR count). The first kappa shape index (κ1) is 17.2. The van der Waals surface area contributed by atoms with Crippen LogP contribution in [-0.2, 0) is 11.3 Å². The van der Waals surface area contributed by atoms with Crippen LogP contribution in [-0.4, -0.2) is 62.1 Å². The van der Waals surface area contributed by atoms with Crippen LogP contribution in [0.25, 0.3) is 0 Å². The zero-order chi connectivity index (χ0) is 16.8. The van der Waals surface area contributed by atoms with Gasteiger partial charge in [-0.3, -0.25) is 4.79 Å². The van der Waals surface area contributed by atoms with Crippen LogP contribution in [0.2, 0.25) is 0 Å². The minimum atomic E-state index is 0.148. The number of likely N-dealkylation sites (N-methyl/N-ethyl adjacent to an activating group) is 1. The van der Waals surface area contributed by atoms with Crippen molar-refractivity contribution in [2.24, 2.45) is 5.92 Å². The highest BCUT2D eigenvalue weighted by Crippen LogP contribution is 2.19. The number of amides is 1. The number of hydrogen-bond acceptors (Lipinski definition) is 5. The van der Waals surface area contributed by atoms with Gasteiger partial charge in [0.25, 0.3) is 0 Å². The highest BCUT2D eigenvalue weighted by molar-refractivity contribution is 5.76. The molecule has 3 heterocycles. The Morgan fingerprint density at radius 1 is 1.38 bits per heavy atom. The van der Waals surface area contributed by atoms with Gasteiger partial charge in [0, 0.05) is 50.9 Å². The molecule has 24 heavy (non-hydrogen) atoms. The summed E-state index contributed by atoms with van der Waals surface area (Å²) < 4.78 is 0. The van der Waals surface area contributed by atoms with E-state index in [-0.39, 0.29) is 5.91 Å². The van der Waals surface area contributed by atoms with E-state index in [1.807, 2.05) is 12.3 Å². The second-order valence-corrected chi connectivity index (χ2v) is 6.95. The molecule has 2 saturated heterocycles. The number of hydrogen-bond donors (Lipinski definition) is 2. The van der Waals surface area contributed by atoms with Crippen molar-refractivity contribution in [2.45, 2.75) is 25.8 Å². The highest BCUT2D eigenvalue weighted by Gasteiger charge is 2.19. The van der Waals surface area contributed by atoms with Crippen molar-refractivity contribution < 1.29 is 4.79 Å². The van der Waals surface area contributed by atoms with Crippen molar-refractivity contribution in [1.82, 2.24) is 20.5 Å². The Morgan fingerprint density at radius 2 is 2.21 bits per heavy atom. The third kappa shape index (κ3) is 4.68. The van der Waals surface area contributed by atoms with Gasteiger partial charge in [-0.05, 0) is 45.0 Å². The fourth-order valence-electron chi connectivity index (χ4n) is 3.45. The minimum absolute atomic E-state index is 0.148. The van der Waals surface area contributed by atoms with Gasteiger partial charge in [-0.15, -0.1) is 0 Å². The Balaban J connectivity index is 1.50. The molecule has 0 saturated carbocycles. The van der Waals surface area contributed by atoms with Gasteiger partial charge in [0.1, 0.15) is 5.82 Å². The molecule has 1 unspecified atom stereocenters. The minimum Gasteiger partial charge on any atom is -0.354 e. The van der Waals surface area contributed by atoms with Gasteiger partial charge in [-0.1, -0.05) is 6.07 Å². The molecule has 0 bridgehead atoms. The standard InChI is InChI=1S/C18H29N5O/c1-22-9-11-23(12-10-22)18-16(3-2-7-20-18)14-21-17(24)5-4-15-6-8-19-13-15/h2-3,7,15,19H,4-6,8-14H2,1H3,(H,21,24). The highest BCUT2D eigenvalue weighted by atomic mass is 16.1. The normalized spacial score (nSPS) is 21.9. The molecule has 6 nitrogen and oxygen atoms in total. The van der Waals surface area contributed by atoms with Crippen LogP contribution >= 0.6 is 0 Å². The second-order valence-electron chi connectivity index (χ2n) is 6.95. The van der Waals surface area contributed by atoms with E-state index in [0.29, 0.717) is 18.9 Å². The maximum Gasteiger partial charge on any atom is 0.220 e. The van der Waals surface area contributed by atoms with Crippen molar-refractivity contribution in [1.29, 1.82) is 0 Å². The average molecular weight is 331 g/mol. The van der Waals surface area contributed by atoms with Gasteiger partial charge in [-0.25, -0.2) is 4.98 Å². The first-order chi connectivity index (χ1) is 11.7. The lowest BCUT2D eigenvalue weighted by molar-refractivity contribution is -0.121. The molecule has 2 fully saturated rings. The van der Waals surface area contributed by atoms with Gasteiger partial charge in [0.05, 0.1) is 0 Å². The molecule has 1 amide bonds. The summed E-state index contributed by atoms with van der Waals surface area (Å²) in [6, 6.07) is 4.02. The van der Waals surface area contributed by atoms with Crippen LogP contribution in [0, 0.1) is 5.92 Å². The van der Waals surface area contributed by atoms with Crippen LogP contribution < -0.4 is 15.5 Å². The Kier molecular flexibility index (Phi) is 6.04. The molecule has 1 atom stereocenters. The van der Waals surface area contributed by atoms with Gasteiger partial charge in [0.2, 0.25) is 5.91 Å². The lowest BCUT2D eigenvalue weighted by Crippen LogP contribution is -2.45. The van der Waals surface area contributed by atoms with Crippen LogP contribution in [0.15, 0.2) is 18.3 Å². The molecule has 6 heteroatoms. The number of carbonyl (C=O) groups is 1.